The first-order valence-electron chi connectivity index (χ1n) is 2.47. The first-order valence-corrected chi connectivity index (χ1v) is 4.28. The summed E-state index contributed by atoms with van der Waals surface area (Å²) in [6, 6.07) is 0. The van der Waals surface area contributed by atoms with Crippen LogP contribution in [0.5, 0.6) is 0 Å². The van der Waals surface area contributed by atoms with Crippen molar-refractivity contribution in [3.63, 3.8) is 0 Å². The van der Waals surface area contributed by atoms with Crippen molar-refractivity contribution >= 4 is 10.1 Å². The maximum Gasteiger partial charge on any atom is 0.264 e. The third-order valence-electron chi connectivity index (χ3n) is 0.377. The fourth-order valence-electron chi connectivity index (χ4n) is 0.410. The highest BCUT2D eigenvalue weighted by atomic mass is 32.2. The van der Waals surface area contributed by atoms with Crippen LogP contribution in [0.15, 0.2) is 0 Å². The highest BCUT2D eigenvalue weighted by Gasteiger charge is 2.16. The van der Waals surface area contributed by atoms with Crippen molar-refractivity contribution in [1.29, 1.82) is 0 Å². The van der Waals surface area contributed by atoms with Gasteiger partial charge in [-0.2, -0.15) is 8.42 Å². The smallest absolute Gasteiger partial charge is 0.264 e. The Morgan fingerprint density at radius 1 is 1.44 bits per heavy atom. The van der Waals surface area contributed by atoms with Crippen molar-refractivity contribution in [1.82, 2.24) is 0 Å². The molecule has 0 aliphatic rings. The molecule has 0 spiro atoms. The number of hydrogen-bond acceptors (Lipinski definition) is 3. The molecule has 3 nitrogen and oxygen atoms in total. The number of rotatable bonds is 2. The highest BCUT2D eigenvalue weighted by Crippen LogP contribution is 2.08. The minimum Gasteiger partial charge on any atom is -0.264 e. The van der Waals surface area contributed by atoms with Gasteiger partial charge in [-0.1, -0.05) is 0 Å². The van der Waals surface area contributed by atoms with Gasteiger partial charge in [0.05, 0.1) is 11.9 Å². The molecule has 0 saturated carbocycles. The summed E-state index contributed by atoms with van der Waals surface area (Å²) in [6.45, 7) is 6.61. The quantitative estimate of drug-likeness (QED) is 0.542. The van der Waals surface area contributed by atoms with E-state index in [4.69, 9.17) is 0 Å². The van der Waals surface area contributed by atoms with E-state index >= 15 is 0 Å². The lowest BCUT2D eigenvalue weighted by Gasteiger charge is -2.15. The average Bonchev–Trinajstić information content (AvgIpc) is 1.14. The second kappa shape index (κ2) is 2.27. The van der Waals surface area contributed by atoms with E-state index in [2.05, 4.69) is 11.1 Å². The van der Waals surface area contributed by atoms with E-state index in [0.717, 1.165) is 6.26 Å². The van der Waals surface area contributed by atoms with Crippen LogP contribution in [0.3, 0.4) is 0 Å². The Bertz CT molecular complexity index is 173. The van der Waals surface area contributed by atoms with Crippen molar-refractivity contribution in [3.05, 3.63) is 6.92 Å². The molecule has 0 rings (SSSR count). The van der Waals surface area contributed by atoms with Crippen LogP contribution in [0.2, 0.25) is 0 Å². The molecule has 0 aliphatic heterocycles. The average molecular weight is 151 g/mol. The Balaban J connectivity index is 4.07. The third-order valence-corrected chi connectivity index (χ3v) is 1.13. The molecule has 0 saturated heterocycles. The lowest BCUT2D eigenvalue weighted by Crippen LogP contribution is -2.23. The zero-order valence-corrected chi connectivity index (χ0v) is 6.66. The van der Waals surface area contributed by atoms with Crippen LogP contribution in [-0.4, -0.2) is 20.3 Å². The van der Waals surface area contributed by atoms with E-state index in [0.29, 0.717) is 0 Å². The SMILES string of the molecule is [CH2]C(C)(C)OS(C)(=O)=O. The van der Waals surface area contributed by atoms with Gasteiger partial charge < -0.3 is 0 Å². The van der Waals surface area contributed by atoms with E-state index in [-0.39, 0.29) is 0 Å². The topological polar surface area (TPSA) is 43.4 Å². The summed E-state index contributed by atoms with van der Waals surface area (Å²) >= 11 is 0. The Kier molecular flexibility index (Phi) is 2.24. The Labute approximate surface area is 56.1 Å². The van der Waals surface area contributed by atoms with Crippen LogP contribution >= 0.6 is 0 Å². The van der Waals surface area contributed by atoms with Gasteiger partial charge in [0.1, 0.15) is 0 Å². The van der Waals surface area contributed by atoms with Gasteiger partial charge in [-0.25, -0.2) is 0 Å². The Morgan fingerprint density at radius 2 is 1.78 bits per heavy atom. The molecule has 0 aliphatic carbocycles. The molecule has 0 bridgehead atoms. The van der Waals surface area contributed by atoms with Crippen molar-refractivity contribution in [2.24, 2.45) is 0 Å². The molecule has 0 heterocycles. The maximum atomic E-state index is 10.4. The van der Waals surface area contributed by atoms with Gasteiger partial charge in [0.25, 0.3) is 10.1 Å². The standard InChI is InChI=1S/C5H11O3S/c1-5(2,3)8-9(4,6)7/h1H2,2-4H3. The largest absolute Gasteiger partial charge is 0.264 e. The predicted octanol–water partition coefficient (Wildman–Crippen LogP) is 0.575. The predicted molar refractivity (Wildman–Crippen MR) is 35.4 cm³/mol. The maximum absolute atomic E-state index is 10.4. The molecular weight excluding hydrogens is 140 g/mol. The number of hydrogen-bond donors (Lipinski definition) is 0. The lowest BCUT2D eigenvalue weighted by molar-refractivity contribution is 0.170. The van der Waals surface area contributed by atoms with Crippen molar-refractivity contribution in [3.8, 4) is 0 Å². The van der Waals surface area contributed by atoms with Gasteiger partial charge in [0, 0.05) is 0 Å². The first kappa shape index (κ1) is 8.91. The monoisotopic (exact) mass is 151 g/mol. The molecule has 0 N–H and O–H groups in total. The molecule has 0 aromatic carbocycles. The van der Waals surface area contributed by atoms with E-state index in [9.17, 15) is 8.42 Å². The minimum atomic E-state index is -3.34. The summed E-state index contributed by atoms with van der Waals surface area (Å²) < 4.78 is 25.3. The lowest BCUT2D eigenvalue weighted by atomic mass is 10.2. The molecule has 4 heteroatoms. The van der Waals surface area contributed by atoms with Gasteiger partial charge in [0.15, 0.2) is 0 Å². The molecule has 0 amide bonds. The molecule has 0 aromatic rings. The summed E-state index contributed by atoms with van der Waals surface area (Å²) in [6.07, 6.45) is 1.000. The molecule has 0 aromatic heterocycles. The second-order valence-corrected chi connectivity index (χ2v) is 4.12. The first-order chi connectivity index (χ1) is 3.71. The van der Waals surface area contributed by atoms with Gasteiger partial charge >= 0.3 is 0 Å². The summed E-state index contributed by atoms with van der Waals surface area (Å²) in [5, 5.41) is 0. The highest BCUT2D eigenvalue weighted by molar-refractivity contribution is 7.86. The summed E-state index contributed by atoms with van der Waals surface area (Å²) in [4.78, 5) is 0. The van der Waals surface area contributed by atoms with Gasteiger partial charge in [-0.05, 0) is 20.8 Å². The van der Waals surface area contributed by atoms with Crippen LogP contribution < -0.4 is 0 Å². The van der Waals surface area contributed by atoms with Crippen LogP contribution in [0.4, 0.5) is 0 Å². The third kappa shape index (κ3) is 7.91. The second-order valence-electron chi connectivity index (χ2n) is 2.55. The van der Waals surface area contributed by atoms with Crippen molar-refractivity contribution in [2.45, 2.75) is 19.4 Å². The van der Waals surface area contributed by atoms with Gasteiger partial charge in [-0.3, -0.25) is 4.18 Å². The fraction of sp³-hybridized carbons (Fsp3) is 0.800. The molecular formula is C5H11O3S. The molecule has 0 atom stereocenters. The Morgan fingerprint density at radius 3 is 1.78 bits per heavy atom. The van der Waals surface area contributed by atoms with Crippen LogP contribution in [0, 0.1) is 6.92 Å². The summed E-state index contributed by atoms with van der Waals surface area (Å²) in [7, 11) is -3.34. The molecule has 0 fully saturated rings. The summed E-state index contributed by atoms with van der Waals surface area (Å²) in [5.74, 6) is 0. The zero-order chi connectivity index (χ0) is 7.71. The molecule has 9 heavy (non-hydrogen) atoms. The van der Waals surface area contributed by atoms with Crippen LogP contribution in [0.1, 0.15) is 13.8 Å². The van der Waals surface area contributed by atoms with E-state index < -0.39 is 15.7 Å². The molecule has 1 radical (unpaired) electrons. The van der Waals surface area contributed by atoms with Gasteiger partial charge in [0.2, 0.25) is 0 Å². The molecule has 55 valence electrons. The zero-order valence-electron chi connectivity index (χ0n) is 5.84. The van der Waals surface area contributed by atoms with E-state index in [1.54, 1.807) is 13.8 Å². The van der Waals surface area contributed by atoms with Crippen molar-refractivity contribution in [2.75, 3.05) is 6.26 Å². The Hall–Kier alpha value is -0.0900. The minimum absolute atomic E-state index is 0.854. The van der Waals surface area contributed by atoms with E-state index in [1.807, 2.05) is 0 Å². The summed E-state index contributed by atoms with van der Waals surface area (Å²) in [5.41, 5.74) is -0.854. The normalized spacial score (nSPS) is 13.8. The van der Waals surface area contributed by atoms with Crippen molar-refractivity contribution < 1.29 is 12.6 Å². The van der Waals surface area contributed by atoms with E-state index in [1.165, 1.54) is 0 Å². The van der Waals surface area contributed by atoms with Crippen LogP contribution in [-0.2, 0) is 14.3 Å². The van der Waals surface area contributed by atoms with Gasteiger partial charge in [-0.15, -0.1) is 0 Å². The van der Waals surface area contributed by atoms with Crippen LogP contribution in [0.25, 0.3) is 0 Å². The molecule has 0 unspecified atom stereocenters. The fourth-order valence-corrected chi connectivity index (χ4v) is 1.23.